The number of carbonyl (C=O) groups is 1. The average Bonchev–Trinajstić information content (AvgIpc) is 3.23. The van der Waals surface area contributed by atoms with Crippen LogP contribution in [-0.2, 0) is 12.3 Å². The first kappa shape index (κ1) is 23.0. The van der Waals surface area contributed by atoms with Gasteiger partial charge in [0, 0.05) is 47.9 Å². The molecule has 4 aromatic rings. The molecule has 5 nitrogen and oxygen atoms in total. The van der Waals surface area contributed by atoms with E-state index in [1.807, 2.05) is 43.3 Å². The van der Waals surface area contributed by atoms with Crippen LogP contribution in [0.5, 0.6) is 0 Å². The summed E-state index contributed by atoms with van der Waals surface area (Å²) >= 11 is 7.46. The Labute approximate surface area is 201 Å². The summed E-state index contributed by atoms with van der Waals surface area (Å²) in [7, 11) is 1.74. The first-order valence-corrected chi connectivity index (χ1v) is 11.7. The number of thioether (sulfide) groups is 1. The zero-order chi connectivity index (χ0) is 23.4. The van der Waals surface area contributed by atoms with Gasteiger partial charge in [0.2, 0.25) is 0 Å². The molecule has 168 valence electrons. The quantitative estimate of drug-likeness (QED) is 0.323. The van der Waals surface area contributed by atoms with Crippen molar-refractivity contribution in [3.05, 3.63) is 100 Å². The van der Waals surface area contributed by atoms with Gasteiger partial charge in [-0.2, -0.15) is 0 Å². The molecular formula is C25H22ClFN4OS. The molecule has 4 rings (SSSR count). The van der Waals surface area contributed by atoms with Crippen molar-refractivity contribution in [3.8, 4) is 11.3 Å². The van der Waals surface area contributed by atoms with Crippen LogP contribution in [0, 0.1) is 12.7 Å². The van der Waals surface area contributed by atoms with Crippen LogP contribution in [0.3, 0.4) is 0 Å². The number of nitrogens with zero attached hydrogens (tertiary/aromatic N) is 3. The van der Waals surface area contributed by atoms with E-state index in [4.69, 9.17) is 11.6 Å². The minimum atomic E-state index is -0.367. The number of aromatic amines is 1. The first-order valence-electron chi connectivity index (χ1n) is 10.3. The van der Waals surface area contributed by atoms with Crippen molar-refractivity contribution in [2.45, 2.75) is 24.4 Å². The SMILES string of the molecule is Cc1ccc(-c2nc(SCc3c(F)cccc3Cl)[nH]c2C(=O)N(C)Cc2ccncc2)cc1. The smallest absolute Gasteiger partial charge is 0.272 e. The van der Waals surface area contributed by atoms with Gasteiger partial charge in [0.1, 0.15) is 17.2 Å². The van der Waals surface area contributed by atoms with E-state index in [2.05, 4.69) is 15.0 Å². The van der Waals surface area contributed by atoms with Gasteiger partial charge in [-0.15, -0.1) is 0 Å². The van der Waals surface area contributed by atoms with E-state index in [1.54, 1.807) is 36.5 Å². The molecule has 0 saturated carbocycles. The second-order valence-electron chi connectivity index (χ2n) is 7.64. The molecule has 0 unspecified atom stereocenters. The third-order valence-corrected chi connectivity index (χ3v) is 6.41. The van der Waals surface area contributed by atoms with Gasteiger partial charge >= 0.3 is 0 Å². The fraction of sp³-hybridized carbons (Fsp3) is 0.160. The number of benzene rings is 2. The van der Waals surface area contributed by atoms with Gasteiger partial charge in [-0.3, -0.25) is 9.78 Å². The van der Waals surface area contributed by atoms with Crippen LogP contribution < -0.4 is 0 Å². The highest BCUT2D eigenvalue weighted by molar-refractivity contribution is 7.98. The van der Waals surface area contributed by atoms with E-state index in [0.717, 1.165) is 16.7 Å². The van der Waals surface area contributed by atoms with Gasteiger partial charge in [0.05, 0.1) is 0 Å². The highest BCUT2D eigenvalue weighted by atomic mass is 35.5. The third-order valence-electron chi connectivity index (χ3n) is 5.15. The summed E-state index contributed by atoms with van der Waals surface area (Å²) < 4.78 is 14.2. The van der Waals surface area contributed by atoms with E-state index >= 15 is 0 Å². The van der Waals surface area contributed by atoms with E-state index in [0.29, 0.717) is 33.7 Å². The average molecular weight is 481 g/mol. The maximum atomic E-state index is 14.2. The van der Waals surface area contributed by atoms with Crippen LogP contribution in [0.15, 0.2) is 72.1 Å². The molecule has 0 aliphatic rings. The monoisotopic (exact) mass is 480 g/mol. The largest absolute Gasteiger partial charge is 0.336 e. The van der Waals surface area contributed by atoms with Gasteiger partial charge in [-0.05, 0) is 36.8 Å². The Balaban J connectivity index is 1.63. The number of hydrogen-bond donors (Lipinski definition) is 1. The number of nitrogens with one attached hydrogen (secondary N) is 1. The molecule has 0 spiro atoms. The number of aryl methyl sites for hydroxylation is 1. The zero-order valence-corrected chi connectivity index (χ0v) is 19.8. The zero-order valence-electron chi connectivity index (χ0n) is 18.2. The maximum absolute atomic E-state index is 14.2. The number of aromatic nitrogens is 3. The van der Waals surface area contributed by atoms with Crippen LogP contribution in [0.2, 0.25) is 5.02 Å². The number of halogens is 2. The Morgan fingerprint density at radius 1 is 1.12 bits per heavy atom. The van der Waals surface area contributed by atoms with Gasteiger partial charge in [-0.25, -0.2) is 9.37 Å². The Hall–Kier alpha value is -3.16. The second kappa shape index (κ2) is 10.2. The Morgan fingerprint density at radius 2 is 1.85 bits per heavy atom. The van der Waals surface area contributed by atoms with E-state index in [-0.39, 0.29) is 17.5 Å². The third kappa shape index (κ3) is 5.43. The molecule has 1 amide bonds. The van der Waals surface area contributed by atoms with Crippen molar-refractivity contribution in [1.82, 2.24) is 19.9 Å². The molecule has 1 N–H and O–H groups in total. The number of amides is 1. The maximum Gasteiger partial charge on any atom is 0.272 e. The van der Waals surface area contributed by atoms with Crippen molar-refractivity contribution in [3.63, 3.8) is 0 Å². The number of hydrogen-bond acceptors (Lipinski definition) is 4. The lowest BCUT2D eigenvalue weighted by Gasteiger charge is -2.17. The Morgan fingerprint density at radius 3 is 2.55 bits per heavy atom. The predicted molar refractivity (Wildman–Crippen MR) is 130 cm³/mol. The standard InChI is InChI=1S/C25H22ClFN4OS/c1-16-6-8-18(9-7-16)22-23(24(32)31(2)14-17-10-12-28-13-11-17)30-25(29-22)33-15-19-20(26)4-3-5-21(19)27/h3-13H,14-15H2,1-2H3,(H,29,30). The van der Waals surface area contributed by atoms with Crippen LogP contribution in [-0.4, -0.2) is 32.8 Å². The Kier molecular flexibility index (Phi) is 7.11. The lowest BCUT2D eigenvalue weighted by molar-refractivity contribution is 0.0780. The fourth-order valence-electron chi connectivity index (χ4n) is 3.33. The first-order chi connectivity index (χ1) is 15.9. The van der Waals surface area contributed by atoms with Gasteiger partial charge in [-0.1, -0.05) is 59.3 Å². The molecule has 8 heteroatoms. The molecule has 33 heavy (non-hydrogen) atoms. The van der Waals surface area contributed by atoms with Crippen LogP contribution in [0.1, 0.15) is 27.2 Å². The number of imidazole rings is 1. The molecule has 0 radical (unpaired) electrons. The topological polar surface area (TPSA) is 61.9 Å². The predicted octanol–water partition coefficient (Wildman–Crippen LogP) is 6.14. The molecule has 0 saturated heterocycles. The van der Waals surface area contributed by atoms with Crippen molar-refractivity contribution in [1.29, 1.82) is 0 Å². The number of rotatable bonds is 7. The lowest BCUT2D eigenvalue weighted by Crippen LogP contribution is -2.27. The molecule has 0 aliphatic carbocycles. The second-order valence-corrected chi connectivity index (χ2v) is 9.01. The summed E-state index contributed by atoms with van der Waals surface area (Å²) in [6, 6.07) is 16.2. The summed E-state index contributed by atoms with van der Waals surface area (Å²) in [4.78, 5) is 26.8. The number of carbonyl (C=O) groups excluding carboxylic acids is 1. The van der Waals surface area contributed by atoms with E-state index in [9.17, 15) is 9.18 Å². The van der Waals surface area contributed by atoms with Crippen molar-refractivity contribution in [2.75, 3.05) is 7.05 Å². The minimum Gasteiger partial charge on any atom is -0.336 e. The normalized spacial score (nSPS) is 10.9. The number of pyridine rings is 1. The van der Waals surface area contributed by atoms with Crippen molar-refractivity contribution < 1.29 is 9.18 Å². The summed E-state index contributed by atoms with van der Waals surface area (Å²) in [5, 5.41) is 0.881. The highest BCUT2D eigenvalue weighted by Gasteiger charge is 2.22. The molecule has 0 atom stereocenters. The molecule has 2 aromatic heterocycles. The van der Waals surface area contributed by atoms with Gasteiger partial charge in [0.25, 0.3) is 5.91 Å². The van der Waals surface area contributed by atoms with Crippen LogP contribution in [0.4, 0.5) is 4.39 Å². The summed E-state index contributed by atoms with van der Waals surface area (Å²) in [5.41, 5.74) is 4.26. The van der Waals surface area contributed by atoms with Crippen LogP contribution >= 0.6 is 23.4 Å². The van der Waals surface area contributed by atoms with E-state index in [1.165, 1.54) is 17.8 Å². The van der Waals surface area contributed by atoms with Crippen molar-refractivity contribution in [2.24, 2.45) is 0 Å². The molecule has 2 heterocycles. The highest BCUT2D eigenvalue weighted by Crippen LogP contribution is 2.31. The van der Waals surface area contributed by atoms with Crippen LogP contribution in [0.25, 0.3) is 11.3 Å². The molecule has 0 fully saturated rings. The summed E-state index contributed by atoms with van der Waals surface area (Å²) in [5.74, 6) is -0.272. The Bertz CT molecular complexity index is 1240. The summed E-state index contributed by atoms with van der Waals surface area (Å²) in [6.45, 7) is 2.43. The number of H-pyrrole nitrogens is 1. The molecule has 0 bridgehead atoms. The van der Waals surface area contributed by atoms with Gasteiger partial charge in [0.15, 0.2) is 5.16 Å². The van der Waals surface area contributed by atoms with Crippen molar-refractivity contribution >= 4 is 29.3 Å². The molecule has 0 aliphatic heterocycles. The molecular weight excluding hydrogens is 459 g/mol. The van der Waals surface area contributed by atoms with Gasteiger partial charge < -0.3 is 9.88 Å². The van der Waals surface area contributed by atoms with E-state index < -0.39 is 0 Å². The minimum absolute atomic E-state index is 0.189. The summed E-state index contributed by atoms with van der Waals surface area (Å²) in [6.07, 6.45) is 3.40. The fourth-order valence-corrected chi connectivity index (χ4v) is 4.54. The lowest BCUT2D eigenvalue weighted by atomic mass is 10.1. The molecule has 2 aromatic carbocycles.